The van der Waals surface area contributed by atoms with E-state index < -0.39 is 11.7 Å². The summed E-state index contributed by atoms with van der Waals surface area (Å²) in [6.45, 7) is 6.46. The van der Waals surface area contributed by atoms with Crippen LogP contribution in [-0.4, -0.2) is 16.7 Å². The molecule has 0 atom stereocenters. The first kappa shape index (κ1) is 22.2. The third-order valence-corrected chi connectivity index (χ3v) is 5.05. The Morgan fingerprint density at radius 3 is 2.40 bits per heavy atom. The van der Waals surface area contributed by atoms with Crippen LogP contribution in [0.15, 0.2) is 46.9 Å². The van der Waals surface area contributed by atoms with Gasteiger partial charge in [0.05, 0.1) is 16.9 Å². The van der Waals surface area contributed by atoms with Crippen LogP contribution in [0.5, 0.6) is 0 Å². The highest BCUT2D eigenvalue weighted by molar-refractivity contribution is 9.10. The van der Waals surface area contributed by atoms with Crippen molar-refractivity contribution in [2.75, 3.05) is 11.1 Å². The Balaban J connectivity index is 1.66. The van der Waals surface area contributed by atoms with Crippen molar-refractivity contribution < 1.29 is 9.53 Å². The van der Waals surface area contributed by atoms with E-state index in [-0.39, 0.29) is 5.15 Å². The van der Waals surface area contributed by atoms with Crippen molar-refractivity contribution in [3.63, 3.8) is 0 Å². The minimum absolute atomic E-state index is 0.270. The van der Waals surface area contributed by atoms with Gasteiger partial charge < -0.3 is 21.1 Å². The molecular weight excluding hydrogens is 468 g/mol. The number of carbonyl (C=O) groups is 1. The molecule has 3 rings (SSSR count). The maximum Gasteiger partial charge on any atom is 0.407 e. The van der Waals surface area contributed by atoms with Gasteiger partial charge in [-0.05, 0) is 50.1 Å². The van der Waals surface area contributed by atoms with Gasteiger partial charge in [-0.2, -0.15) is 0 Å². The molecule has 0 aliphatic heterocycles. The molecule has 2 aromatic carbocycles. The Kier molecular flexibility index (Phi) is 6.73. The number of nitrogens with two attached hydrogens (primary N) is 1. The van der Waals surface area contributed by atoms with E-state index >= 15 is 0 Å². The second kappa shape index (κ2) is 9.10. The standard InChI is InChI=1S/C22H24BrClN4O2/c1-22(2,3)30-21(29)27-12-14-6-4-13(5-7-14)11-26-19-16-9-8-15(23)10-17(16)28-20(24)18(19)25/h4-10H,11-12,25H2,1-3H3,(H,26,28)(H,27,29). The van der Waals surface area contributed by atoms with Gasteiger partial charge in [0.15, 0.2) is 5.15 Å². The van der Waals surface area contributed by atoms with Crippen LogP contribution in [0.25, 0.3) is 10.9 Å². The summed E-state index contributed by atoms with van der Waals surface area (Å²) in [6.07, 6.45) is -0.434. The van der Waals surface area contributed by atoms with Crippen molar-refractivity contribution in [3.05, 3.63) is 63.2 Å². The number of pyridine rings is 1. The van der Waals surface area contributed by atoms with Crippen LogP contribution in [0, 0.1) is 0 Å². The lowest BCUT2D eigenvalue weighted by molar-refractivity contribution is 0.0523. The molecule has 30 heavy (non-hydrogen) atoms. The maximum atomic E-state index is 11.8. The van der Waals surface area contributed by atoms with Crippen molar-refractivity contribution >= 4 is 55.9 Å². The number of alkyl carbamates (subject to hydrolysis) is 1. The highest BCUT2D eigenvalue weighted by Crippen LogP contribution is 2.34. The zero-order chi connectivity index (χ0) is 21.9. The third-order valence-electron chi connectivity index (χ3n) is 4.27. The summed E-state index contributed by atoms with van der Waals surface area (Å²) in [5.74, 6) is 0. The summed E-state index contributed by atoms with van der Waals surface area (Å²) >= 11 is 9.66. The summed E-state index contributed by atoms with van der Waals surface area (Å²) in [5.41, 5.74) is 9.63. The van der Waals surface area contributed by atoms with Crippen LogP contribution in [0.3, 0.4) is 0 Å². The Labute approximate surface area is 189 Å². The summed E-state index contributed by atoms with van der Waals surface area (Å²) in [7, 11) is 0. The number of rotatable bonds is 5. The molecule has 1 aromatic heterocycles. The summed E-state index contributed by atoms with van der Waals surface area (Å²) in [6, 6.07) is 13.7. The molecule has 0 saturated carbocycles. The summed E-state index contributed by atoms with van der Waals surface area (Å²) in [5, 5.41) is 7.30. The molecule has 0 spiro atoms. The summed E-state index contributed by atoms with van der Waals surface area (Å²) in [4.78, 5) is 16.1. The van der Waals surface area contributed by atoms with E-state index in [0.717, 1.165) is 32.2 Å². The van der Waals surface area contributed by atoms with E-state index in [0.29, 0.717) is 18.8 Å². The molecule has 0 fully saturated rings. The van der Waals surface area contributed by atoms with Gasteiger partial charge in [0.2, 0.25) is 0 Å². The van der Waals surface area contributed by atoms with Crippen LogP contribution in [-0.2, 0) is 17.8 Å². The van der Waals surface area contributed by atoms with E-state index in [4.69, 9.17) is 22.1 Å². The number of halogens is 2. The second-order valence-electron chi connectivity index (χ2n) is 7.88. The number of carbonyl (C=O) groups excluding carboxylic acids is 1. The first-order valence-corrected chi connectivity index (χ1v) is 10.6. The van der Waals surface area contributed by atoms with E-state index in [2.05, 4.69) is 31.5 Å². The molecule has 0 radical (unpaired) electrons. The van der Waals surface area contributed by atoms with Crippen LogP contribution in [0.4, 0.5) is 16.2 Å². The molecule has 3 aromatic rings. The average molecular weight is 492 g/mol. The van der Waals surface area contributed by atoms with Crippen molar-refractivity contribution in [3.8, 4) is 0 Å². The number of nitrogen functional groups attached to an aromatic ring is 1. The first-order chi connectivity index (χ1) is 14.1. The largest absolute Gasteiger partial charge is 0.444 e. The number of nitrogens with one attached hydrogen (secondary N) is 2. The van der Waals surface area contributed by atoms with Crippen LogP contribution < -0.4 is 16.4 Å². The van der Waals surface area contributed by atoms with Gasteiger partial charge in [0, 0.05) is 22.9 Å². The Morgan fingerprint density at radius 1 is 1.13 bits per heavy atom. The number of fused-ring (bicyclic) bond motifs is 1. The number of aromatic nitrogens is 1. The molecule has 1 amide bonds. The number of benzene rings is 2. The van der Waals surface area contributed by atoms with Gasteiger partial charge in [-0.15, -0.1) is 0 Å². The number of hydrogen-bond donors (Lipinski definition) is 3. The smallest absolute Gasteiger partial charge is 0.407 e. The number of ether oxygens (including phenoxy) is 1. The molecular formula is C22H24BrClN4O2. The second-order valence-corrected chi connectivity index (χ2v) is 9.15. The maximum absolute atomic E-state index is 11.8. The van der Waals surface area contributed by atoms with E-state index in [1.54, 1.807) is 0 Å². The van der Waals surface area contributed by atoms with E-state index in [9.17, 15) is 4.79 Å². The molecule has 158 valence electrons. The predicted octanol–water partition coefficient (Wildman–Crippen LogP) is 5.87. The molecule has 1 heterocycles. The number of nitrogens with zero attached hydrogens (tertiary/aromatic N) is 1. The Hall–Kier alpha value is -2.51. The van der Waals surface area contributed by atoms with Gasteiger partial charge in [-0.1, -0.05) is 51.8 Å². The lowest BCUT2D eigenvalue weighted by Gasteiger charge is -2.19. The topological polar surface area (TPSA) is 89.3 Å². The third kappa shape index (κ3) is 5.77. The van der Waals surface area contributed by atoms with Gasteiger partial charge in [-0.25, -0.2) is 9.78 Å². The minimum Gasteiger partial charge on any atom is -0.444 e. The Morgan fingerprint density at radius 2 is 1.77 bits per heavy atom. The zero-order valence-corrected chi connectivity index (χ0v) is 19.4. The van der Waals surface area contributed by atoms with Gasteiger partial charge in [0.1, 0.15) is 5.60 Å². The molecule has 0 saturated heterocycles. The lowest BCUT2D eigenvalue weighted by Crippen LogP contribution is -2.32. The molecule has 6 nitrogen and oxygen atoms in total. The highest BCUT2D eigenvalue weighted by Gasteiger charge is 2.15. The molecule has 8 heteroatoms. The number of anilines is 2. The summed E-state index contributed by atoms with van der Waals surface area (Å²) < 4.78 is 6.16. The molecule has 0 aliphatic carbocycles. The van der Waals surface area contributed by atoms with Crippen LogP contribution in [0.1, 0.15) is 31.9 Å². The van der Waals surface area contributed by atoms with Crippen LogP contribution in [0.2, 0.25) is 5.15 Å². The van der Waals surface area contributed by atoms with Gasteiger partial charge >= 0.3 is 6.09 Å². The molecule has 0 bridgehead atoms. The fourth-order valence-electron chi connectivity index (χ4n) is 2.87. The van der Waals surface area contributed by atoms with Crippen molar-refractivity contribution in [1.82, 2.24) is 10.3 Å². The predicted molar refractivity (Wildman–Crippen MR) is 126 cm³/mol. The molecule has 0 unspecified atom stereocenters. The minimum atomic E-state index is -0.516. The number of hydrogen-bond acceptors (Lipinski definition) is 5. The SMILES string of the molecule is CC(C)(C)OC(=O)NCc1ccc(CNc2c(N)c(Cl)nc3cc(Br)ccc23)cc1. The molecule has 4 N–H and O–H groups in total. The zero-order valence-electron chi connectivity index (χ0n) is 17.1. The van der Waals surface area contributed by atoms with E-state index in [1.165, 1.54) is 0 Å². The van der Waals surface area contributed by atoms with E-state index in [1.807, 2.05) is 63.2 Å². The lowest BCUT2D eigenvalue weighted by atomic mass is 10.1. The average Bonchev–Trinajstić information content (AvgIpc) is 2.66. The normalized spacial score (nSPS) is 11.4. The van der Waals surface area contributed by atoms with Crippen molar-refractivity contribution in [2.45, 2.75) is 39.5 Å². The number of amides is 1. The monoisotopic (exact) mass is 490 g/mol. The first-order valence-electron chi connectivity index (χ1n) is 9.45. The van der Waals surface area contributed by atoms with Crippen molar-refractivity contribution in [1.29, 1.82) is 0 Å². The fraction of sp³-hybridized carbons (Fsp3) is 0.273. The fourth-order valence-corrected chi connectivity index (χ4v) is 3.40. The van der Waals surface area contributed by atoms with Crippen molar-refractivity contribution in [2.24, 2.45) is 0 Å². The van der Waals surface area contributed by atoms with Gasteiger partial charge in [0.25, 0.3) is 0 Å². The van der Waals surface area contributed by atoms with Gasteiger partial charge in [-0.3, -0.25) is 0 Å². The van der Waals surface area contributed by atoms with Crippen LogP contribution >= 0.6 is 27.5 Å². The quantitative estimate of drug-likeness (QED) is 0.388. The Bertz CT molecular complexity index is 1070. The molecule has 0 aliphatic rings. The highest BCUT2D eigenvalue weighted by atomic mass is 79.9.